The monoisotopic (exact) mass is 281 g/mol. The van der Waals surface area contributed by atoms with Gasteiger partial charge in [-0.15, -0.1) is 0 Å². The van der Waals surface area contributed by atoms with Crippen molar-refractivity contribution in [2.24, 2.45) is 0 Å². The van der Waals surface area contributed by atoms with Gasteiger partial charge in [0.1, 0.15) is 0 Å². The van der Waals surface area contributed by atoms with Crippen LogP contribution in [0.15, 0.2) is 65.6 Å². The number of non-ortho nitro benzene ring substituents is 1. The molecule has 0 aliphatic carbocycles. The van der Waals surface area contributed by atoms with E-state index in [0.29, 0.717) is 0 Å². The molecular formula is C12H11NO5S. The second-order valence-corrected chi connectivity index (χ2v) is 4.80. The Morgan fingerprint density at radius 2 is 1.32 bits per heavy atom. The van der Waals surface area contributed by atoms with Gasteiger partial charge in [0.25, 0.3) is 15.8 Å². The Morgan fingerprint density at radius 1 is 0.895 bits per heavy atom. The molecule has 2 aromatic rings. The van der Waals surface area contributed by atoms with Crippen molar-refractivity contribution >= 4 is 15.8 Å². The van der Waals surface area contributed by atoms with Gasteiger partial charge in [-0.1, -0.05) is 36.4 Å². The van der Waals surface area contributed by atoms with E-state index < -0.39 is 15.0 Å². The highest BCUT2D eigenvalue weighted by atomic mass is 32.2. The van der Waals surface area contributed by atoms with E-state index in [1.807, 2.05) is 0 Å². The first kappa shape index (κ1) is 14.8. The van der Waals surface area contributed by atoms with Crippen LogP contribution in [0.25, 0.3) is 0 Å². The van der Waals surface area contributed by atoms with Crippen LogP contribution in [-0.4, -0.2) is 17.9 Å². The largest absolute Gasteiger partial charge is 0.294 e. The molecule has 2 rings (SSSR count). The number of nitro groups is 1. The van der Waals surface area contributed by atoms with Crippen molar-refractivity contribution in [1.29, 1.82) is 0 Å². The number of hydrogen-bond donors (Lipinski definition) is 1. The predicted molar refractivity (Wildman–Crippen MR) is 69.4 cm³/mol. The molecule has 0 spiro atoms. The lowest BCUT2D eigenvalue weighted by atomic mass is 10.3. The molecule has 0 aliphatic rings. The van der Waals surface area contributed by atoms with Gasteiger partial charge in [0.15, 0.2) is 0 Å². The first-order valence-corrected chi connectivity index (χ1v) is 6.57. The SMILES string of the molecule is O=S(=O)(O)c1ccccc1.O=[N+]([O-])c1ccccc1. The van der Waals surface area contributed by atoms with Crippen LogP contribution in [0.5, 0.6) is 0 Å². The van der Waals surface area contributed by atoms with Crippen LogP contribution in [-0.2, 0) is 10.1 Å². The van der Waals surface area contributed by atoms with Gasteiger partial charge in [-0.25, -0.2) is 0 Å². The number of nitrogens with zero attached hydrogens (tertiary/aromatic N) is 1. The van der Waals surface area contributed by atoms with Crippen molar-refractivity contribution in [3.05, 3.63) is 70.8 Å². The molecule has 0 amide bonds. The Labute approximate surface area is 110 Å². The maximum atomic E-state index is 10.4. The molecule has 0 atom stereocenters. The van der Waals surface area contributed by atoms with E-state index in [9.17, 15) is 18.5 Å². The van der Waals surface area contributed by atoms with Crippen molar-refractivity contribution in [2.45, 2.75) is 4.90 Å². The minimum atomic E-state index is -4.00. The summed E-state index contributed by atoms with van der Waals surface area (Å²) < 4.78 is 29.2. The third kappa shape index (κ3) is 5.28. The first-order chi connectivity index (χ1) is 8.91. The number of rotatable bonds is 2. The Hall–Kier alpha value is -2.25. The van der Waals surface area contributed by atoms with E-state index in [4.69, 9.17) is 4.55 Å². The maximum Gasteiger partial charge on any atom is 0.294 e. The second kappa shape index (κ2) is 6.62. The van der Waals surface area contributed by atoms with Crippen molar-refractivity contribution in [1.82, 2.24) is 0 Å². The van der Waals surface area contributed by atoms with Crippen LogP contribution < -0.4 is 0 Å². The molecule has 0 bridgehead atoms. The summed E-state index contributed by atoms with van der Waals surface area (Å²) in [7, 11) is -4.00. The van der Waals surface area contributed by atoms with Crippen molar-refractivity contribution in [3.63, 3.8) is 0 Å². The molecular weight excluding hydrogens is 270 g/mol. The van der Waals surface area contributed by atoms with Gasteiger partial charge in [0.05, 0.1) is 9.82 Å². The van der Waals surface area contributed by atoms with Crippen molar-refractivity contribution in [2.75, 3.05) is 0 Å². The van der Waals surface area contributed by atoms with Gasteiger partial charge >= 0.3 is 0 Å². The normalized spacial score (nSPS) is 10.2. The molecule has 0 unspecified atom stereocenters. The Balaban J connectivity index is 0.000000191. The lowest BCUT2D eigenvalue weighted by Gasteiger charge is -1.92. The fraction of sp³-hybridized carbons (Fsp3) is 0. The molecule has 0 aromatic heterocycles. The zero-order chi connectivity index (χ0) is 14.3. The van der Waals surface area contributed by atoms with E-state index >= 15 is 0 Å². The molecule has 7 heteroatoms. The summed E-state index contributed by atoms with van der Waals surface area (Å²) in [6.45, 7) is 0. The lowest BCUT2D eigenvalue weighted by molar-refractivity contribution is -0.384. The Kier molecular flexibility index (Phi) is 5.16. The van der Waals surface area contributed by atoms with Crippen LogP contribution >= 0.6 is 0 Å². The summed E-state index contributed by atoms with van der Waals surface area (Å²) in [6, 6.07) is 15.4. The highest BCUT2D eigenvalue weighted by Gasteiger charge is 2.05. The van der Waals surface area contributed by atoms with Gasteiger partial charge in [0, 0.05) is 12.1 Å². The summed E-state index contributed by atoms with van der Waals surface area (Å²) in [5.74, 6) is 0. The van der Waals surface area contributed by atoms with E-state index in [1.165, 1.54) is 24.3 Å². The highest BCUT2D eigenvalue weighted by molar-refractivity contribution is 7.85. The molecule has 0 fully saturated rings. The van der Waals surface area contributed by atoms with E-state index in [-0.39, 0.29) is 10.6 Å². The average Bonchev–Trinajstić information content (AvgIpc) is 2.40. The molecule has 0 saturated carbocycles. The maximum absolute atomic E-state index is 10.4. The molecule has 100 valence electrons. The molecule has 0 heterocycles. The zero-order valence-corrected chi connectivity index (χ0v) is 10.5. The molecule has 2 aromatic carbocycles. The second-order valence-electron chi connectivity index (χ2n) is 3.38. The summed E-state index contributed by atoms with van der Waals surface area (Å²) in [5, 5.41) is 10.0. The molecule has 6 nitrogen and oxygen atoms in total. The van der Waals surface area contributed by atoms with Crippen LogP contribution in [0, 0.1) is 10.1 Å². The fourth-order valence-electron chi connectivity index (χ4n) is 1.14. The first-order valence-electron chi connectivity index (χ1n) is 5.13. The van der Waals surface area contributed by atoms with Gasteiger partial charge in [-0.2, -0.15) is 8.42 Å². The van der Waals surface area contributed by atoms with Gasteiger partial charge in [0.2, 0.25) is 0 Å². The third-order valence-corrected chi connectivity index (χ3v) is 2.88. The molecule has 0 saturated heterocycles. The molecule has 1 N–H and O–H groups in total. The minimum Gasteiger partial charge on any atom is -0.282 e. The zero-order valence-electron chi connectivity index (χ0n) is 9.71. The van der Waals surface area contributed by atoms with Crippen LogP contribution in [0.3, 0.4) is 0 Å². The third-order valence-electron chi connectivity index (χ3n) is 2.01. The Bertz CT molecular complexity index is 626. The molecule has 0 radical (unpaired) electrons. The van der Waals surface area contributed by atoms with E-state index in [0.717, 1.165) is 0 Å². The van der Waals surface area contributed by atoms with Gasteiger partial charge in [-0.05, 0) is 12.1 Å². The summed E-state index contributed by atoms with van der Waals surface area (Å²) in [6.07, 6.45) is 0. The topological polar surface area (TPSA) is 97.5 Å². The number of para-hydroxylation sites is 1. The minimum absolute atomic E-state index is 0.0741. The van der Waals surface area contributed by atoms with Gasteiger partial charge in [-0.3, -0.25) is 14.7 Å². The predicted octanol–water partition coefficient (Wildman–Crippen LogP) is 2.53. The summed E-state index contributed by atoms with van der Waals surface area (Å²) in [4.78, 5) is 9.52. The quantitative estimate of drug-likeness (QED) is 0.518. The summed E-state index contributed by atoms with van der Waals surface area (Å²) >= 11 is 0. The number of nitro benzene ring substituents is 1. The summed E-state index contributed by atoms with van der Waals surface area (Å²) in [5.41, 5.74) is 0.137. The standard InChI is InChI=1S/C6H5NO2.C6H6O3S/c8-7(9)6-4-2-1-3-5-6;7-10(8,9)6-4-2-1-3-5-6/h1-5H;1-5H,(H,7,8,9). The number of benzene rings is 2. The average molecular weight is 281 g/mol. The lowest BCUT2D eigenvalue weighted by Crippen LogP contribution is -1.96. The van der Waals surface area contributed by atoms with Crippen LogP contribution in [0.2, 0.25) is 0 Å². The highest BCUT2D eigenvalue weighted by Crippen LogP contribution is 2.07. The fourth-order valence-corrected chi connectivity index (χ4v) is 1.64. The molecule has 0 aliphatic heterocycles. The van der Waals surface area contributed by atoms with E-state index in [1.54, 1.807) is 36.4 Å². The van der Waals surface area contributed by atoms with Crippen LogP contribution in [0.4, 0.5) is 5.69 Å². The smallest absolute Gasteiger partial charge is 0.282 e. The van der Waals surface area contributed by atoms with E-state index in [2.05, 4.69) is 0 Å². The Morgan fingerprint density at radius 3 is 1.58 bits per heavy atom. The van der Waals surface area contributed by atoms with Crippen molar-refractivity contribution in [3.8, 4) is 0 Å². The molecule has 19 heavy (non-hydrogen) atoms. The van der Waals surface area contributed by atoms with Crippen LogP contribution in [0.1, 0.15) is 0 Å². The van der Waals surface area contributed by atoms with Crippen molar-refractivity contribution < 1.29 is 17.9 Å². The number of hydrogen-bond acceptors (Lipinski definition) is 4. The van der Waals surface area contributed by atoms with Gasteiger partial charge < -0.3 is 0 Å².